The Labute approximate surface area is 178 Å². The molecule has 3 heterocycles. The van der Waals surface area contributed by atoms with Crippen molar-refractivity contribution in [3.63, 3.8) is 0 Å². The number of nitrogens with zero attached hydrogens (tertiary/aromatic N) is 4. The quantitative estimate of drug-likeness (QED) is 0.384. The van der Waals surface area contributed by atoms with Crippen molar-refractivity contribution < 1.29 is 20.1 Å². The highest BCUT2D eigenvalue weighted by Crippen LogP contribution is 2.32. The van der Waals surface area contributed by atoms with Gasteiger partial charge in [0.25, 0.3) is 0 Å². The number of anilines is 1. The van der Waals surface area contributed by atoms with E-state index in [0.717, 1.165) is 10.9 Å². The van der Waals surface area contributed by atoms with Gasteiger partial charge in [-0.15, -0.1) is 0 Å². The van der Waals surface area contributed by atoms with Crippen LogP contribution >= 0.6 is 0 Å². The Morgan fingerprint density at radius 2 is 1.87 bits per heavy atom. The number of aliphatic hydroxyl groups excluding tert-OH is 3. The number of hydrogen-bond acceptors (Lipinski definition) is 8. The molecule has 2 unspecified atom stereocenters. The van der Waals surface area contributed by atoms with E-state index in [1.165, 1.54) is 18.0 Å². The Bertz CT molecular complexity index is 1230. The number of aromatic nitrogens is 4. The Morgan fingerprint density at radius 1 is 1.06 bits per heavy atom. The summed E-state index contributed by atoms with van der Waals surface area (Å²) in [6, 6.07) is 14.5. The summed E-state index contributed by atoms with van der Waals surface area (Å²) in [5.41, 5.74) is 2.08. The smallest absolute Gasteiger partial charge is 0.167 e. The van der Waals surface area contributed by atoms with Gasteiger partial charge in [0.15, 0.2) is 23.2 Å². The molecular weight excluding hydrogens is 398 g/mol. The molecule has 1 fully saturated rings. The molecule has 9 nitrogen and oxygen atoms in total. The van der Waals surface area contributed by atoms with Gasteiger partial charge in [-0.05, 0) is 29.3 Å². The predicted molar refractivity (Wildman–Crippen MR) is 114 cm³/mol. The molecule has 0 bridgehead atoms. The number of ether oxygens (including phenoxy) is 1. The van der Waals surface area contributed by atoms with Crippen molar-refractivity contribution >= 4 is 27.8 Å². The van der Waals surface area contributed by atoms with E-state index in [1.54, 1.807) is 4.57 Å². The monoisotopic (exact) mass is 421 g/mol. The van der Waals surface area contributed by atoms with E-state index in [1.807, 2.05) is 19.1 Å². The molecule has 0 aliphatic carbocycles. The summed E-state index contributed by atoms with van der Waals surface area (Å²) < 4.78 is 7.16. The van der Waals surface area contributed by atoms with Crippen LogP contribution in [0.2, 0.25) is 0 Å². The van der Waals surface area contributed by atoms with Crippen molar-refractivity contribution in [3.05, 3.63) is 60.7 Å². The lowest BCUT2D eigenvalue weighted by molar-refractivity contribution is -0.0511. The fraction of sp³-hybridized carbons (Fsp3) is 0.318. The number of hydrogen-bond donors (Lipinski definition) is 4. The first kappa shape index (κ1) is 19.8. The predicted octanol–water partition coefficient (Wildman–Crippen LogP) is 1.76. The zero-order chi connectivity index (χ0) is 21.5. The second kappa shape index (κ2) is 7.86. The third-order valence-corrected chi connectivity index (χ3v) is 5.78. The van der Waals surface area contributed by atoms with Crippen LogP contribution in [0, 0.1) is 0 Å². The summed E-state index contributed by atoms with van der Waals surface area (Å²) in [5, 5.41) is 35.5. The Balaban J connectivity index is 1.44. The van der Waals surface area contributed by atoms with Crippen LogP contribution in [-0.4, -0.2) is 59.8 Å². The third kappa shape index (κ3) is 3.41. The van der Waals surface area contributed by atoms with Gasteiger partial charge in [0.05, 0.1) is 19.0 Å². The number of fused-ring (bicyclic) bond motifs is 2. The Kier molecular flexibility index (Phi) is 5.03. The average Bonchev–Trinajstić information content (AvgIpc) is 3.35. The normalized spacial score (nSPS) is 24.6. The highest BCUT2D eigenvalue weighted by Gasteiger charge is 2.44. The summed E-state index contributed by atoms with van der Waals surface area (Å²) >= 11 is 0. The largest absolute Gasteiger partial charge is 0.394 e. The molecule has 31 heavy (non-hydrogen) atoms. The van der Waals surface area contributed by atoms with Crippen molar-refractivity contribution in [2.24, 2.45) is 0 Å². The van der Waals surface area contributed by atoms with Crippen LogP contribution < -0.4 is 5.32 Å². The molecule has 1 aliphatic heterocycles. The van der Waals surface area contributed by atoms with E-state index in [2.05, 4.69) is 50.6 Å². The molecule has 4 N–H and O–H groups in total. The molecule has 1 saturated heterocycles. The fourth-order valence-corrected chi connectivity index (χ4v) is 4.02. The molecule has 0 spiro atoms. The lowest BCUT2D eigenvalue weighted by Gasteiger charge is -2.17. The maximum Gasteiger partial charge on any atom is 0.167 e. The van der Waals surface area contributed by atoms with Gasteiger partial charge in [-0.25, -0.2) is 15.0 Å². The van der Waals surface area contributed by atoms with Gasteiger partial charge in [-0.3, -0.25) is 4.57 Å². The van der Waals surface area contributed by atoms with E-state index < -0.39 is 31.1 Å². The Morgan fingerprint density at radius 3 is 2.65 bits per heavy atom. The summed E-state index contributed by atoms with van der Waals surface area (Å²) in [7, 11) is 0. The van der Waals surface area contributed by atoms with Crippen LogP contribution in [0.3, 0.4) is 0 Å². The first-order chi connectivity index (χ1) is 15.1. The van der Waals surface area contributed by atoms with E-state index in [-0.39, 0.29) is 6.04 Å². The minimum atomic E-state index is -1.21. The van der Waals surface area contributed by atoms with Crippen LogP contribution in [0.4, 0.5) is 5.82 Å². The van der Waals surface area contributed by atoms with Gasteiger partial charge in [0.1, 0.15) is 24.6 Å². The fourth-order valence-electron chi connectivity index (χ4n) is 4.02. The minimum absolute atomic E-state index is 0.0400. The van der Waals surface area contributed by atoms with Crippen LogP contribution in [0.5, 0.6) is 0 Å². The van der Waals surface area contributed by atoms with Gasteiger partial charge >= 0.3 is 0 Å². The van der Waals surface area contributed by atoms with Crippen molar-refractivity contribution in [2.75, 3.05) is 11.9 Å². The molecular formula is C22H23N5O4. The molecule has 2 aromatic carbocycles. The number of aliphatic hydroxyl groups is 3. The molecule has 0 saturated carbocycles. The van der Waals surface area contributed by atoms with Crippen molar-refractivity contribution in [2.45, 2.75) is 37.5 Å². The van der Waals surface area contributed by atoms with Gasteiger partial charge < -0.3 is 25.4 Å². The summed E-state index contributed by atoms with van der Waals surface area (Å²) in [4.78, 5) is 13.1. The molecule has 9 heteroatoms. The molecule has 0 amide bonds. The summed E-state index contributed by atoms with van der Waals surface area (Å²) in [6.45, 7) is 1.65. The number of nitrogens with one attached hydrogen (secondary N) is 1. The summed E-state index contributed by atoms with van der Waals surface area (Å²) in [5.74, 6) is 0.552. The summed E-state index contributed by atoms with van der Waals surface area (Å²) in [6.07, 6.45) is -1.28. The highest BCUT2D eigenvalue weighted by molar-refractivity contribution is 5.84. The van der Waals surface area contributed by atoms with E-state index in [0.29, 0.717) is 17.0 Å². The maximum atomic E-state index is 10.3. The first-order valence-electron chi connectivity index (χ1n) is 10.1. The SMILES string of the molecule is CC(Nc1ncnc2c1ncn2[C@@H]1O[C@H](CO)[C@H](O)C1O)c1ccc2ccccc2c1. The van der Waals surface area contributed by atoms with E-state index >= 15 is 0 Å². The van der Waals surface area contributed by atoms with Crippen LogP contribution in [0.1, 0.15) is 24.8 Å². The molecule has 5 rings (SSSR count). The average molecular weight is 421 g/mol. The van der Waals surface area contributed by atoms with E-state index in [9.17, 15) is 15.3 Å². The van der Waals surface area contributed by atoms with Crippen molar-refractivity contribution in [1.29, 1.82) is 0 Å². The topological polar surface area (TPSA) is 126 Å². The van der Waals surface area contributed by atoms with Crippen molar-refractivity contribution in [1.82, 2.24) is 19.5 Å². The number of rotatable bonds is 5. The standard InChI is InChI=1S/C22H23N5O4/c1-12(14-7-6-13-4-2-3-5-15(13)8-14)26-20-17-21(24-10-23-20)27(11-25-17)22-19(30)18(29)16(9-28)31-22/h2-8,10-12,16,18-19,22,28-30H,9H2,1H3,(H,23,24,26)/t12?,16-,18+,19?,22-/m1/s1. The van der Waals surface area contributed by atoms with Crippen LogP contribution in [0.15, 0.2) is 55.1 Å². The molecule has 2 aromatic heterocycles. The Hall–Kier alpha value is -3.11. The van der Waals surface area contributed by atoms with Crippen LogP contribution in [0.25, 0.3) is 21.9 Å². The van der Waals surface area contributed by atoms with Crippen molar-refractivity contribution in [3.8, 4) is 0 Å². The second-order valence-electron chi connectivity index (χ2n) is 7.75. The molecule has 160 valence electrons. The molecule has 1 aliphatic rings. The maximum absolute atomic E-state index is 10.3. The first-order valence-corrected chi connectivity index (χ1v) is 10.1. The number of benzene rings is 2. The molecule has 0 radical (unpaired) electrons. The zero-order valence-corrected chi connectivity index (χ0v) is 16.8. The van der Waals surface area contributed by atoms with Gasteiger partial charge in [0, 0.05) is 0 Å². The number of imidazole rings is 1. The van der Waals surface area contributed by atoms with Crippen LogP contribution in [-0.2, 0) is 4.74 Å². The van der Waals surface area contributed by atoms with Gasteiger partial charge in [0.2, 0.25) is 0 Å². The minimum Gasteiger partial charge on any atom is -0.394 e. The lowest BCUT2D eigenvalue weighted by Crippen LogP contribution is -2.33. The van der Waals surface area contributed by atoms with Gasteiger partial charge in [-0.1, -0.05) is 36.4 Å². The highest BCUT2D eigenvalue weighted by atomic mass is 16.6. The third-order valence-electron chi connectivity index (χ3n) is 5.78. The van der Waals surface area contributed by atoms with E-state index in [4.69, 9.17) is 4.74 Å². The van der Waals surface area contributed by atoms with Gasteiger partial charge in [-0.2, -0.15) is 0 Å². The lowest BCUT2D eigenvalue weighted by atomic mass is 10.0. The zero-order valence-electron chi connectivity index (χ0n) is 16.8. The molecule has 5 atom stereocenters. The second-order valence-corrected chi connectivity index (χ2v) is 7.75. The molecule has 4 aromatic rings.